The maximum Gasteiger partial charge on any atom is 0.417 e. The van der Waals surface area contributed by atoms with E-state index in [2.05, 4.69) is 0 Å². The molecule has 0 fully saturated rings. The normalized spacial score (nSPS) is 12.0. The van der Waals surface area contributed by atoms with Gasteiger partial charge < -0.3 is 5.73 Å². The average molecular weight is 393 g/mol. The fraction of sp³-hybridized carbons (Fsp3) is 0.133. The van der Waals surface area contributed by atoms with Crippen LogP contribution in [0.2, 0.25) is 5.02 Å². The van der Waals surface area contributed by atoms with Crippen LogP contribution in [-0.4, -0.2) is 14.3 Å². The molecule has 10 heteroatoms. The molecule has 0 heterocycles. The van der Waals surface area contributed by atoms with Crippen LogP contribution in [0.4, 0.5) is 18.9 Å². The minimum atomic E-state index is -4.73. The SMILES string of the molecule is Cc1ccc(S(=O)(=O)Nc2ccc(Cl)c(C(F)(F)F)c2)cc1C(N)=O. The number of carbonyl (C=O) groups is 1. The number of hydrogen-bond acceptors (Lipinski definition) is 3. The Labute approximate surface area is 146 Å². The Balaban J connectivity index is 2.43. The number of rotatable bonds is 4. The standard InChI is InChI=1S/C15H12ClF3N2O3S/c1-8-2-4-10(7-11(8)14(20)22)25(23,24)21-9-3-5-13(16)12(6-9)15(17,18)19/h2-7,21H,1H3,(H2,20,22). The summed E-state index contributed by atoms with van der Waals surface area (Å²) in [5.41, 5.74) is 4.14. The fourth-order valence-electron chi connectivity index (χ4n) is 2.05. The van der Waals surface area contributed by atoms with E-state index in [9.17, 15) is 26.4 Å². The summed E-state index contributed by atoms with van der Waals surface area (Å²) in [4.78, 5) is 11.0. The van der Waals surface area contributed by atoms with Crippen LogP contribution in [0.15, 0.2) is 41.3 Å². The van der Waals surface area contributed by atoms with Gasteiger partial charge in [0.25, 0.3) is 10.0 Å². The van der Waals surface area contributed by atoms with Gasteiger partial charge in [0, 0.05) is 11.3 Å². The topological polar surface area (TPSA) is 89.3 Å². The second-order valence-corrected chi connectivity index (χ2v) is 7.23. The van der Waals surface area contributed by atoms with Crippen molar-refractivity contribution in [3.63, 3.8) is 0 Å². The first kappa shape index (κ1) is 19.1. The highest BCUT2D eigenvalue weighted by Gasteiger charge is 2.33. The van der Waals surface area contributed by atoms with Gasteiger partial charge >= 0.3 is 6.18 Å². The zero-order chi connectivity index (χ0) is 19.0. The van der Waals surface area contributed by atoms with Crippen LogP contribution in [0.3, 0.4) is 0 Å². The zero-order valence-corrected chi connectivity index (χ0v) is 14.3. The van der Waals surface area contributed by atoms with Gasteiger partial charge in [0.05, 0.1) is 15.5 Å². The lowest BCUT2D eigenvalue weighted by molar-refractivity contribution is -0.137. The number of hydrogen-bond donors (Lipinski definition) is 2. The number of alkyl halides is 3. The van der Waals surface area contributed by atoms with Crippen molar-refractivity contribution in [1.82, 2.24) is 0 Å². The van der Waals surface area contributed by atoms with Crippen molar-refractivity contribution >= 4 is 33.2 Å². The summed E-state index contributed by atoms with van der Waals surface area (Å²) in [5, 5.41) is -0.554. The maximum atomic E-state index is 12.9. The summed E-state index contributed by atoms with van der Waals surface area (Å²) in [6, 6.07) is 6.26. The summed E-state index contributed by atoms with van der Waals surface area (Å²) in [6.45, 7) is 1.57. The third kappa shape index (κ3) is 4.23. The number of anilines is 1. The summed E-state index contributed by atoms with van der Waals surface area (Å²) >= 11 is 5.49. The summed E-state index contributed by atoms with van der Waals surface area (Å²) in [7, 11) is -4.23. The molecule has 0 aliphatic rings. The minimum absolute atomic E-state index is 0.00467. The van der Waals surface area contributed by atoms with E-state index in [1.54, 1.807) is 6.92 Å². The highest BCUT2D eigenvalue weighted by molar-refractivity contribution is 7.92. The first-order chi connectivity index (χ1) is 11.4. The number of carbonyl (C=O) groups excluding carboxylic acids is 1. The van der Waals surface area contributed by atoms with E-state index in [0.29, 0.717) is 11.6 Å². The minimum Gasteiger partial charge on any atom is -0.366 e. The molecular weight excluding hydrogens is 381 g/mol. The Hall–Kier alpha value is -2.26. The van der Waals surface area contributed by atoms with Gasteiger partial charge in [0.15, 0.2) is 0 Å². The molecule has 0 aliphatic carbocycles. The smallest absolute Gasteiger partial charge is 0.366 e. The molecule has 0 bridgehead atoms. The van der Waals surface area contributed by atoms with E-state index in [0.717, 1.165) is 18.2 Å². The molecule has 134 valence electrons. The second kappa shape index (κ2) is 6.57. The van der Waals surface area contributed by atoms with E-state index in [-0.39, 0.29) is 16.1 Å². The first-order valence-electron chi connectivity index (χ1n) is 6.72. The molecule has 0 unspecified atom stereocenters. The van der Waals surface area contributed by atoms with E-state index < -0.39 is 32.7 Å². The molecule has 0 saturated carbocycles. The summed E-state index contributed by atoms with van der Waals surface area (Å²) in [6.07, 6.45) is -4.73. The predicted octanol–water partition coefficient (Wildman–Crippen LogP) is 3.57. The van der Waals surface area contributed by atoms with E-state index in [1.807, 2.05) is 4.72 Å². The van der Waals surface area contributed by atoms with Crippen LogP contribution in [-0.2, 0) is 16.2 Å². The molecular formula is C15H12ClF3N2O3S. The van der Waals surface area contributed by atoms with Gasteiger partial charge in [-0.3, -0.25) is 9.52 Å². The van der Waals surface area contributed by atoms with Crippen LogP contribution in [0, 0.1) is 6.92 Å². The van der Waals surface area contributed by atoms with Crippen molar-refractivity contribution in [2.24, 2.45) is 5.73 Å². The molecule has 2 aromatic rings. The lowest BCUT2D eigenvalue weighted by Crippen LogP contribution is -2.17. The number of aryl methyl sites for hydroxylation is 1. The molecule has 0 atom stereocenters. The van der Waals surface area contributed by atoms with E-state index in [1.165, 1.54) is 12.1 Å². The number of benzene rings is 2. The van der Waals surface area contributed by atoms with Gasteiger partial charge in [-0.2, -0.15) is 13.2 Å². The monoisotopic (exact) mass is 392 g/mol. The number of amides is 1. The molecule has 0 aliphatic heterocycles. The lowest BCUT2D eigenvalue weighted by atomic mass is 10.1. The van der Waals surface area contributed by atoms with Crippen molar-refractivity contribution in [2.75, 3.05) is 4.72 Å². The van der Waals surface area contributed by atoms with Gasteiger partial charge in [-0.15, -0.1) is 0 Å². The van der Waals surface area contributed by atoms with Crippen LogP contribution in [0.1, 0.15) is 21.5 Å². The Morgan fingerprint density at radius 3 is 2.36 bits per heavy atom. The Bertz CT molecular complexity index is 944. The number of nitrogens with one attached hydrogen (secondary N) is 1. The van der Waals surface area contributed by atoms with Gasteiger partial charge in [-0.25, -0.2) is 8.42 Å². The average Bonchev–Trinajstić information content (AvgIpc) is 2.47. The van der Waals surface area contributed by atoms with Crippen LogP contribution >= 0.6 is 11.6 Å². The highest BCUT2D eigenvalue weighted by Crippen LogP contribution is 2.36. The van der Waals surface area contributed by atoms with Crippen molar-refractivity contribution in [1.29, 1.82) is 0 Å². The van der Waals surface area contributed by atoms with Crippen molar-refractivity contribution < 1.29 is 26.4 Å². The quantitative estimate of drug-likeness (QED) is 0.833. The number of halogens is 4. The molecule has 25 heavy (non-hydrogen) atoms. The lowest BCUT2D eigenvalue weighted by Gasteiger charge is -2.13. The molecule has 3 N–H and O–H groups in total. The molecule has 2 aromatic carbocycles. The van der Waals surface area contributed by atoms with E-state index >= 15 is 0 Å². The number of primary amides is 1. The van der Waals surface area contributed by atoms with Crippen LogP contribution in [0.5, 0.6) is 0 Å². The molecule has 0 radical (unpaired) electrons. The molecule has 0 spiro atoms. The molecule has 1 amide bonds. The van der Waals surface area contributed by atoms with E-state index in [4.69, 9.17) is 17.3 Å². The second-order valence-electron chi connectivity index (χ2n) is 5.14. The van der Waals surface area contributed by atoms with Gasteiger partial charge in [0.1, 0.15) is 0 Å². The Kier molecular flexibility index (Phi) is 5.01. The summed E-state index contributed by atoms with van der Waals surface area (Å²) < 4.78 is 65.3. The molecule has 2 rings (SSSR count). The Morgan fingerprint density at radius 2 is 1.80 bits per heavy atom. The van der Waals surface area contributed by atoms with Crippen LogP contribution in [0.25, 0.3) is 0 Å². The van der Waals surface area contributed by atoms with Gasteiger partial charge in [0.2, 0.25) is 5.91 Å². The predicted molar refractivity (Wildman–Crippen MR) is 87.0 cm³/mol. The van der Waals surface area contributed by atoms with Crippen LogP contribution < -0.4 is 10.5 Å². The van der Waals surface area contributed by atoms with Crippen molar-refractivity contribution in [2.45, 2.75) is 18.0 Å². The molecule has 5 nitrogen and oxygen atoms in total. The molecule has 0 saturated heterocycles. The third-order valence-corrected chi connectivity index (χ3v) is 5.02. The molecule has 0 aromatic heterocycles. The van der Waals surface area contributed by atoms with Crippen molar-refractivity contribution in [3.8, 4) is 0 Å². The summed E-state index contributed by atoms with van der Waals surface area (Å²) in [5.74, 6) is -0.819. The van der Waals surface area contributed by atoms with Gasteiger partial charge in [-0.1, -0.05) is 17.7 Å². The Morgan fingerprint density at radius 1 is 1.16 bits per heavy atom. The largest absolute Gasteiger partial charge is 0.417 e. The number of nitrogens with two attached hydrogens (primary N) is 1. The fourth-order valence-corrected chi connectivity index (χ4v) is 3.35. The zero-order valence-electron chi connectivity index (χ0n) is 12.7. The highest BCUT2D eigenvalue weighted by atomic mass is 35.5. The maximum absolute atomic E-state index is 12.9. The first-order valence-corrected chi connectivity index (χ1v) is 8.58. The van der Waals surface area contributed by atoms with Gasteiger partial charge in [-0.05, 0) is 42.8 Å². The number of sulfonamides is 1. The third-order valence-electron chi connectivity index (χ3n) is 3.31. The van der Waals surface area contributed by atoms with Crippen molar-refractivity contribution in [3.05, 3.63) is 58.1 Å².